The molecule has 1 atom stereocenters. The van der Waals surface area contributed by atoms with Crippen molar-refractivity contribution in [2.24, 2.45) is 0 Å². The van der Waals surface area contributed by atoms with E-state index in [0.717, 1.165) is 31.2 Å². The van der Waals surface area contributed by atoms with Crippen LogP contribution in [0.4, 0.5) is 4.79 Å². The van der Waals surface area contributed by atoms with Gasteiger partial charge >= 0.3 is 12.0 Å². The number of nitrogens with one attached hydrogen (secondary N) is 3. The van der Waals surface area contributed by atoms with Crippen LogP contribution in [0.3, 0.4) is 0 Å². The SMILES string of the molecule is O=C(O)CCC(NC(=O)CCCNC(=O)NC1CCCCC1)c1ccccc1. The molecule has 7 nitrogen and oxygen atoms in total. The Labute approximate surface area is 166 Å². The summed E-state index contributed by atoms with van der Waals surface area (Å²) >= 11 is 0. The van der Waals surface area contributed by atoms with Crippen LogP contribution in [-0.2, 0) is 9.59 Å². The highest BCUT2D eigenvalue weighted by Crippen LogP contribution is 2.19. The van der Waals surface area contributed by atoms with E-state index in [2.05, 4.69) is 16.0 Å². The van der Waals surface area contributed by atoms with Crippen molar-refractivity contribution in [1.82, 2.24) is 16.0 Å². The third kappa shape index (κ3) is 8.41. The van der Waals surface area contributed by atoms with Crippen molar-refractivity contribution in [2.75, 3.05) is 6.54 Å². The van der Waals surface area contributed by atoms with Crippen LogP contribution in [0, 0.1) is 0 Å². The van der Waals surface area contributed by atoms with E-state index in [-0.39, 0.29) is 36.9 Å². The highest BCUT2D eigenvalue weighted by atomic mass is 16.4. The van der Waals surface area contributed by atoms with E-state index in [1.54, 1.807) is 0 Å². The van der Waals surface area contributed by atoms with Gasteiger partial charge in [-0.15, -0.1) is 0 Å². The summed E-state index contributed by atoms with van der Waals surface area (Å²) in [5.41, 5.74) is 0.891. The lowest BCUT2D eigenvalue weighted by atomic mass is 9.96. The quantitative estimate of drug-likeness (QED) is 0.461. The molecule has 3 amide bonds. The third-order valence-electron chi connectivity index (χ3n) is 4.99. The van der Waals surface area contributed by atoms with Crippen molar-refractivity contribution in [3.8, 4) is 0 Å². The Morgan fingerprint density at radius 1 is 1.04 bits per heavy atom. The molecule has 1 aliphatic rings. The predicted octanol–water partition coefficient (Wildman–Crippen LogP) is 3.12. The Morgan fingerprint density at radius 3 is 2.43 bits per heavy atom. The van der Waals surface area contributed by atoms with Crippen molar-refractivity contribution in [3.05, 3.63) is 35.9 Å². The van der Waals surface area contributed by atoms with Crippen LogP contribution >= 0.6 is 0 Å². The van der Waals surface area contributed by atoms with Gasteiger partial charge in [0.15, 0.2) is 0 Å². The second kappa shape index (κ2) is 12.0. The summed E-state index contributed by atoms with van der Waals surface area (Å²) in [7, 11) is 0. The number of rotatable bonds is 10. The summed E-state index contributed by atoms with van der Waals surface area (Å²) < 4.78 is 0. The molecule has 1 aliphatic carbocycles. The molecule has 2 rings (SSSR count). The molecule has 4 N–H and O–H groups in total. The van der Waals surface area contributed by atoms with Crippen LogP contribution < -0.4 is 16.0 Å². The van der Waals surface area contributed by atoms with Gasteiger partial charge in [0.2, 0.25) is 5.91 Å². The Bertz CT molecular complexity index is 630. The number of carboxylic acids is 1. The fraction of sp³-hybridized carbons (Fsp3) is 0.571. The summed E-state index contributed by atoms with van der Waals surface area (Å²) in [5, 5.41) is 17.6. The van der Waals surface area contributed by atoms with Crippen molar-refractivity contribution in [3.63, 3.8) is 0 Å². The number of hydrogen-bond donors (Lipinski definition) is 4. The van der Waals surface area contributed by atoms with Crippen molar-refractivity contribution < 1.29 is 19.5 Å². The fourth-order valence-electron chi connectivity index (χ4n) is 3.48. The van der Waals surface area contributed by atoms with Gasteiger partial charge in [-0.25, -0.2) is 4.79 Å². The summed E-state index contributed by atoms with van der Waals surface area (Å²) in [5.74, 6) is -1.03. The average molecular weight is 389 g/mol. The zero-order valence-electron chi connectivity index (χ0n) is 16.3. The molecule has 0 radical (unpaired) electrons. The monoisotopic (exact) mass is 389 g/mol. The zero-order chi connectivity index (χ0) is 20.2. The maximum absolute atomic E-state index is 12.2. The molecule has 0 aromatic heterocycles. The Kier molecular flexibility index (Phi) is 9.31. The molecule has 0 heterocycles. The molecule has 7 heteroatoms. The van der Waals surface area contributed by atoms with Gasteiger partial charge in [-0.2, -0.15) is 0 Å². The smallest absolute Gasteiger partial charge is 0.315 e. The number of carboxylic acid groups (broad SMARTS) is 1. The normalized spacial score (nSPS) is 15.4. The first-order valence-corrected chi connectivity index (χ1v) is 10.1. The lowest BCUT2D eigenvalue weighted by molar-refractivity contribution is -0.137. The van der Waals surface area contributed by atoms with E-state index in [1.165, 1.54) is 6.42 Å². The summed E-state index contributed by atoms with van der Waals surface area (Å²) in [6, 6.07) is 9.13. The maximum atomic E-state index is 12.2. The van der Waals surface area contributed by atoms with Gasteiger partial charge in [-0.05, 0) is 31.2 Å². The Balaban J connectivity index is 1.68. The summed E-state index contributed by atoms with van der Waals surface area (Å²) in [4.78, 5) is 35.0. The maximum Gasteiger partial charge on any atom is 0.315 e. The summed E-state index contributed by atoms with van der Waals surface area (Å²) in [6.07, 6.45) is 6.77. The number of carbonyl (C=O) groups excluding carboxylic acids is 2. The topological polar surface area (TPSA) is 108 Å². The van der Waals surface area contributed by atoms with Gasteiger partial charge in [0, 0.05) is 25.4 Å². The highest BCUT2D eigenvalue weighted by Gasteiger charge is 2.17. The molecule has 0 saturated heterocycles. The standard InChI is InChI=1S/C21H31N3O4/c25-19(12-7-15-22-21(28)23-17-10-5-2-6-11-17)24-18(13-14-20(26)27)16-8-3-1-4-9-16/h1,3-4,8-9,17-18H,2,5-7,10-15H2,(H,24,25)(H,26,27)(H2,22,23,28). The average Bonchev–Trinajstić information content (AvgIpc) is 2.70. The van der Waals surface area contributed by atoms with Crippen LogP contribution in [0.1, 0.15) is 69.4 Å². The summed E-state index contributed by atoms with van der Waals surface area (Å²) in [6.45, 7) is 0.428. The largest absolute Gasteiger partial charge is 0.481 e. The number of urea groups is 1. The second-order valence-electron chi connectivity index (χ2n) is 7.30. The molecular weight excluding hydrogens is 358 g/mol. The van der Waals surface area contributed by atoms with E-state index < -0.39 is 5.97 Å². The first-order valence-electron chi connectivity index (χ1n) is 10.1. The Morgan fingerprint density at radius 2 is 1.75 bits per heavy atom. The predicted molar refractivity (Wildman–Crippen MR) is 107 cm³/mol. The first kappa shape index (κ1) is 21.7. The lowest BCUT2D eigenvalue weighted by Gasteiger charge is -2.22. The molecule has 0 aliphatic heterocycles. The van der Waals surface area contributed by atoms with E-state index in [9.17, 15) is 14.4 Å². The number of carbonyl (C=O) groups is 3. The molecule has 154 valence electrons. The number of amides is 3. The minimum atomic E-state index is -0.886. The van der Waals surface area contributed by atoms with Crippen molar-refractivity contribution >= 4 is 17.9 Å². The van der Waals surface area contributed by atoms with Crippen LogP contribution in [0.2, 0.25) is 0 Å². The number of aliphatic carboxylic acids is 1. The number of benzene rings is 1. The first-order chi connectivity index (χ1) is 13.5. The van der Waals surface area contributed by atoms with Gasteiger partial charge < -0.3 is 21.1 Å². The minimum absolute atomic E-state index is 0.0112. The molecule has 1 aromatic carbocycles. The van der Waals surface area contributed by atoms with Gasteiger partial charge in [-0.3, -0.25) is 9.59 Å². The van der Waals surface area contributed by atoms with E-state index >= 15 is 0 Å². The molecule has 1 saturated carbocycles. The van der Waals surface area contributed by atoms with Gasteiger partial charge in [0.25, 0.3) is 0 Å². The Hall–Kier alpha value is -2.57. The molecular formula is C21H31N3O4. The zero-order valence-corrected chi connectivity index (χ0v) is 16.3. The molecule has 1 unspecified atom stereocenters. The van der Waals surface area contributed by atoms with Crippen molar-refractivity contribution in [1.29, 1.82) is 0 Å². The molecule has 0 spiro atoms. The lowest BCUT2D eigenvalue weighted by Crippen LogP contribution is -2.43. The van der Waals surface area contributed by atoms with E-state index in [1.807, 2.05) is 30.3 Å². The van der Waals surface area contributed by atoms with Gasteiger partial charge in [0.1, 0.15) is 0 Å². The van der Waals surface area contributed by atoms with E-state index in [4.69, 9.17) is 5.11 Å². The molecule has 1 aromatic rings. The minimum Gasteiger partial charge on any atom is -0.481 e. The van der Waals surface area contributed by atoms with Crippen LogP contribution in [0.15, 0.2) is 30.3 Å². The van der Waals surface area contributed by atoms with Crippen LogP contribution in [0.25, 0.3) is 0 Å². The van der Waals surface area contributed by atoms with Crippen LogP contribution in [-0.4, -0.2) is 35.6 Å². The highest BCUT2D eigenvalue weighted by molar-refractivity contribution is 5.77. The van der Waals surface area contributed by atoms with Crippen LogP contribution in [0.5, 0.6) is 0 Å². The fourth-order valence-corrected chi connectivity index (χ4v) is 3.48. The molecule has 28 heavy (non-hydrogen) atoms. The third-order valence-corrected chi connectivity index (χ3v) is 4.99. The molecule has 1 fully saturated rings. The molecule has 0 bridgehead atoms. The van der Waals surface area contributed by atoms with Crippen molar-refractivity contribution in [2.45, 2.75) is 69.9 Å². The second-order valence-corrected chi connectivity index (χ2v) is 7.30. The van der Waals surface area contributed by atoms with E-state index in [0.29, 0.717) is 19.4 Å². The van der Waals surface area contributed by atoms with Gasteiger partial charge in [-0.1, -0.05) is 49.6 Å². The number of hydrogen-bond acceptors (Lipinski definition) is 3. The van der Waals surface area contributed by atoms with Gasteiger partial charge in [0.05, 0.1) is 6.04 Å².